The first-order valence-corrected chi connectivity index (χ1v) is 5.98. The van der Waals surface area contributed by atoms with Crippen LogP contribution in [0.15, 0.2) is 6.07 Å². The molecule has 0 N–H and O–H groups in total. The summed E-state index contributed by atoms with van der Waals surface area (Å²) in [4.78, 5) is 14.4. The molecule has 3 nitrogen and oxygen atoms in total. The quantitative estimate of drug-likeness (QED) is 0.727. The van der Waals surface area contributed by atoms with Gasteiger partial charge in [-0.1, -0.05) is 0 Å². The Morgan fingerprint density at radius 2 is 1.94 bits per heavy atom. The fraction of sp³-hybridized carbons (Fsp3) is 0.615. The zero-order valence-electron chi connectivity index (χ0n) is 10.4. The van der Waals surface area contributed by atoms with Crippen LogP contribution in [-0.2, 0) is 7.05 Å². The normalized spacial score (nSPS) is 16.9. The Kier molecular flexibility index (Phi) is 3.15. The van der Waals surface area contributed by atoms with Crippen molar-refractivity contribution in [3.63, 3.8) is 0 Å². The monoisotopic (exact) mass is 220 g/mol. The Labute approximate surface area is 97.1 Å². The Balaban J connectivity index is 2.11. The number of aryl methyl sites for hydroxylation is 1. The van der Waals surface area contributed by atoms with E-state index in [4.69, 9.17) is 0 Å². The molecule has 2 heterocycles. The number of Topliss-reactive ketones (excluding diaryl/α,β-unsaturated/α-hetero) is 1. The van der Waals surface area contributed by atoms with Gasteiger partial charge in [-0.15, -0.1) is 0 Å². The van der Waals surface area contributed by atoms with Crippen LogP contribution in [0.1, 0.15) is 34.6 Å². The van der Waals surface area contributed by atoms with E-state index in [-0.39, 0.29) is 5.78 Å². The minimum atomic E-state index is 0.267. The maximum absolute atomic E-state index is 12.1. The van der Waals surface area contributed by atoms with Crippen molar-refractivity contribution in [3.05, 3.63) is 23.0 Å². The maximum Gasteiger partial charge on any atom is 0.178 e. The van der Waals surface area contributed by atoms with Gasteiger partial charge in [0, 0.05) is 24.0 Å². The van der Waals surface area contributed by atoms with E-state index in [0.717, 1.165) is 30.0 Å². The number of carbonyl (C=O) groups is 1. The van der Waals surface area contributed by atoms with Gasteiger partial charge in [-0.2, -0.15) is 0 Å². The number of nitrogens with zero attached hydrogens (tertiary/aromatic N) is 2. The van der Waals surface area contributed by atoms with Gasteiger partial charge in [0.15, 0.2) is 5.78 Å². The summed E-state index contributed by atoms with van der Waals surface area (Å²) in [6.45, 7) is 6.81. The summed E-state index contributed by atoms with van der Waals surface area (Å²) in [6, 6.07) is 2.01. The summed E-state index contributed by atoms with van der Waals surface area (Å²) in [5.41, 5.74) is 3.14. The molecule has 0 amide bonds. The lowest BCUT2D eigenvalue weighted by Gasteiger charge is -2.13. The highest BCUT2D eigenvalue weighted by atomic mass is 16.1. The van der Waals surface area contributed by atoms with Gasteiger partial charge in [-0.3, -0.25) is 9.69 Å². The lowest BCUT2D eigenvalue weighted by atomic mass is 10.1. The first-order chi connectivity index (χ1) is 7.59. The molecule has 0 spiro atoms. The van der Waals surface area contributed by atoms with Gasteiger partial charge in [0.05, 0.1) is 6.54 Å². The molecule has 16 heavy (non-hydrogen) atoms. The van der Waals surface area contributed by atoms with Gasteiger partial charge < -0.3 is 4.57 Å². The van der Waals surface area contributed by atoms with Gasteiger partial charge >= 0.3 is 0 Å². The molecule has 0 radical (unpaired) electrons. The molecule has 0 unspecified atom stereocenters. The van der Waals surface area contributed by atoms with Crippen LogP contribution in [0.4, 0.5) is 0 Å². The maximum atomic E-state index is 12.1. The standard InChI is InChI=1S/C13H20N2O/c1-10-8-12(11(2)14(10)3)13(16)9-15-6-4-5-7-15/h8H,4-7,9H2,1-3H3. The molecular formula is C13H20N2O. The largest absolute Gasteiger partial charge is 0.351 e. The van der Waals surface area contributed by atoms with Gasteiger partial charge in [0.1, 0.15) is 0 Å². The number of hydrogen-bond donors (Lipinski definition) is 0. The number of aromatic nitrogens is 1. The predicted octanol–water partition coefficient (Wildman–Crippen LogP) is 1.92. The zero-order valence-corrected chi connectivity index (χ0v) is 10.4. The van der Waals surface area contributed by atoms with Crippen molar-refractivity contribution in [2.45, 2.75) is 26.7 Å². The molecule has 0 bridgehead atoms. The number of likely N-dealkylation sites (tertiary alicyclic amines) is 1. The van der Waals surface area contributed by atoms with E-state index in [1.807, 2.05) is 27.0 Å². The average molecular weight is 220 g/mol. The zero-order chi connectivity index (χ0) is 11.7. The number of rotatable bonds is 3. The minimum absolute atomic E-state index is 0.267. The smallest absolute Gasteiger partial charge is 0.178 e. The molecule has 1 aromatic heterocycles. The summed E-state index contributed by atoms with van der Waals surface area (Å²) in [5.74, 6) is 0.267. The van der Waals surface area contributed by atoms with Gasteiger partial charge in [-0.25, -0.2) is 0 Å². The van der Waals surface area contributed by atoms with E-state index in [1.165, 1.54) is 12.8 Å². The molecule has 3 heteroatoms. The number of ketones is 1. The predicted molar refractivity (Wildman–Crippen MR) is 64.9 cm³/mol. The molecule has 1 fully saturated rings. The van der Waals surface area contributed by atoms with Crippen LogP contribution in [0, 0.1) is 13.8 Å². The highest BCUT2D eigenvalue weighted by Crippen LogP contribution is 2.15. The molecule has 88 valence electrons. The van der Waals surface area contributed by atoms with Gasteiger partial charge in [0.2, 0.25) is 0 Å². The summed E-state index contributed by atoms with van der Waals surface area (Å²) < 4.78 is 2.08. The summed E-state index contributed by atoms with van der Waals surface area (Å²) in [7, 11) is 2.01. The van der Waals surface area contributed by atoms with Crippen molar-refractivity contribution in [2.24, 2.45) is 7.05 Å². The van der Waals surface area contributed by atoms with Gasteiger partial charge in [-0.05, 0) is 45.8 Å². The van der Waals surface area contributed by atoms with Crippen LogP contribution in [-0.4, -0.2) is 34.9 Å². The molecular weight excluding hydrogens is 200 g/mol. The Morgan fingerprint density at radius 1 is 1.31 bits per heavy atom. The third kappa shape index (κ3) is 2.05. The van der Waals surface area contributed by atoms with Crippen LogP contribution in [0.5, 0.6) is 0 Å². The van der Waals surface area contributed by atoms with E-state index in [2.05, 4.69) is 9.47 Å². The van der Waals surface area contributed by atoms with Crippen molar-refractivity contribution in [3.8, 4) is 0 Å². The Hall–Kier alpha value is -1.09. The molecule has 2 rings (SSSR count). The van der Waals surface area contributed by atoms with E-state index >= 15 is 0 Å². The first-order valence-electron chi connectivity index (χ1n) is 5.98. The SMILES string of the molecule is Cc1cc(C(=O)CN2CCCC2)c(C)n1C. The van der Waals surface area contributed by atoms with E-state index < -0.39 is 0 Å². The first kappa shape index (κ1) is 11.4. The molecule has 0 saturated carbocycles. The Morgan fingerprint density at radius 3 is 2.44 bits per heavy atom. The second-order valence-electron chi connectivity index (χ2n) is 4.75. The molecule has 1 saturated heterocycles. The van der Waals surface area contributed by atoms with Crippen LogP contribution in [0.25, 0.3) is 0 Å². The van der Waals surface area contributed by atoms with Crippen molar-refractivity contribution in [1.82, 2.24) is 9.47 Å². The van der Waals surface area contributed by atoms with E-state index in [0.29, 0.717) is 6.54 Å². The average Bonchev–Trinajstić information content (AvgIpc) is 2.83. The highest BCUT2D eigenvalue weighted by Gasteiger charge is 2.19. The van der Waals surface area contributed by atoms with Crippen molar-refractivity contribution < 1.29 is 4.79 Å². The third-order valence-electron chi connectivity index (χ3n) is 3.64. The van der Waals surface area contributed by atoms with E-state index in [9.17, 15) is 4.79 Å². The van der Waals surface area contributed by atoms with Crippen molar-refractivity contribution in [1.29, 1.82) is 0 Å². The van der Waals surface area contributed by atoms with Crippen LogP contribution < -0.4 is 0 Å². The highest BCUT2D eigenvalue weighted by molar-refractivity contribution is 5.99. The van der Waals surface area contributed by atoms with Crippen LogP contribution in [0.3, 0.4) is 0 Å². The lowest BCUT2D eigenvalue weighted by molar-refractivity contribution is 0.0944. The molecule has 0 atom stereocenters. The van der Waals surface area contributed by atoms with Crippen LogP contribution >= 0.6 is 0 Å². The van der Waals surface area contributed by atoms with Crippen LogP contribution in [0.2, 0.25) is 0 Å². The van der Waals surface area contributed by atoms with Gasteiger partial charge in [0.25, 0.3) is 0 Å². The van der Waals surface area contributed by atoms with Crippen molar-refractivity contribution >= 4 is 5.78 Å². The third-order valence-corrected chi connectivity index (χ3v) is 3.64. The second-order valence-corrected chi connectivity index (χ2v) is 4.75. The molecule has 1 aromatic rings. The summed E-state index contributed by atoms with van der Waals surface area (Å²) >= 11 is 0. The topological polar surface area (TPSA) is 25.2 Å². The van der Waals surface area contributed by atoms with E-state index in [1.54, 1.807) is 0 Å². The molecule has 0 aliphatic carbocycles. The Bertz CT molecular complexity index is 400. The summed E-state index contributed by atoms with van der Waals surface area (Å²) in [6.07, 6.45) is 2.47. The minimum Gasteiger partial charge on any atom is -0.351 e. The number of carbonyl (C=O) groups excluding carboxylic acids is 1. The number of hydrogen-bond acceptors (Lipinski definition) is 2. The molecule has 0 aromatic carbocycles. The second kappa shape index (κ2) is 4.42. The lowest BCUT2D eigenvalue weighted by Crippen LogP contribution is -2.27. The fourth-order valence-corrected chi connectivity index (χ4v) is 2.37. The summed E-state index contributed by atoms with van der Waals surface area (Å²) in [5, 5.41) is 0. The molecule has 1 aliphatic rings. The van der Waals surface area contributed by atoms with Crippen molar-refractivity contribution in [2.75, 3.05) is 19.6 Å². The fourth-order valence-electron chi connectivity index (χ4n) is 2.37. The molecule has 1 aliphatic heterocycles.